The number of anilines is 1. The molecule has 8 nitrogen and oxygen atoms in total. The Bertz CT molecular complexity index is 1090. The molecule has 0 aliphatic carbocycles. The molecule has 2 aliphatic rings. The highest BCUT2D eigenvalue weighted by Gasteiger charge is 2.31. The van der Waals surface area contributed by atoms with Crippen LogP contribution in [0.1, 0.15) is 22.8 Å². The smallest absolute Gasteiger partial charge is 0.338 e. The Morgan fingerprint density at radius 2 is 1.77 bits per heavy atom. The zero-order valence-corrected chi connectivity index (χ0v) is 18.0. The van der Waals surface area contributed by atoms with Crippen molar-refractivity contribution in [2.24, 2.45) is 0 Å². The normalized spacial score (nSPS) is 17.8. The number of morpholine rings is 1. The van der Waals surface area contributed by atoms with E-state index in [1.807, 2.05) is 24.3 Å². The maximum atomic E-state index is 12.8. The lowest BCUT2D eigenvalue weighted by Gasteiger charge is -2.26. The summed E-state index contributed by atoms with van der Waals surface area (Å²) >= 11 is 0. The zero-order valence-electron chi connectivity index (χ0n) is 17.2. The highest BCUT2D eigenvalue weighted by Crippen LogP contribution is 2.28. The van der Waals surface area contributed by atoms with Crippen LogP contribution in [-0.4, -0.2) is 63.6 Å². The lowest BCUT2D eigenvalue weighted by Crippen LogP contribution is -2.40. The molecule has 0 radical (unpaired) electrons. The van der Waals surface area contributed by atoms with Gasteiger partial charge in [0.05, 0.1) is 23.7 Å². The van der Waals surface area contributed by atoms with Gasteiger partial charge in [-0.2, -0.15) is 4.31 Å². The largest absolute Gasteiger partial charge is 0.449 e. The van der Waals surface area contributed by atoms with Crippen molar-refractivity contribution in [3.63, 3.8) is 0 Å². The van der Waals surface area contributed by atoms with Crippen molar-refractivity contribution >= 4 is 27.6 Å². The minimum atomic E-state index is -3.74. The van der Waals surface area contributed by atoms with Gasteiger partial charge < -0.3 is 14.4 Å². The number of nitrogens with zero attached hydrogens (tertiary/aromatic N) is 2. The van der Waals surface area contributed by atoms with E-state index in [1.165, 1.54) is 35.5 Å². The fourth-order valence-corrected chi connectivity index (χ4v) is 5.24. The summed E-state index contributed by atoms with van der Waals surface area (Å²) in [6.07, 6.45) is -0.248. The first-order chi connectivity index (χ1) is 14.9. The van der Waals surface area contributed by atoms with Crippen LogP contribution in [0.15, 0.2) is 53.4 Å². The van der Waals surface area contributed by atoms with Crippen LogP contribution in [0.3, 0.4) is 0 Å². The van der Waals surface area contributed by atoms with Gasteiger partial charge in [-0.05, 0) is 43.2 Å². The minimum Gasteiger partial charge on any atom is -0.449 e. The quantitative estimate of drug-likeness (QED) is 0.654. The number of ether oxygens (including phenoxy) is 2. The lowest BCUT2D eigenvalue weighted by atomic mass is 10.2. The molecule has 1 saturated heterocycles. The van der Waals surface area contributed by atoms with Crippen LogP contribution in [0.25, 0.3) is 0 Å². The third-order valence-electron chi connectivity index (χ3n) is 5.46. The third kappa shape index (κ3) is 4.34. The molecule has 0 spiro atoms. The van der Waals surface area contributed by atoms with E-state index >= 15 is 0 Å². The van der Waals surface area contributed by atoms with Crippen LogP contribution in [0.2, 0.25) is 0 Å². The van der Waals surface area contributed by atoms with Gasteiger partial charge in [-0.3, -0.25) is 4.79 Å². The molecule has 0 bridgehead atoms. The molecule has 0 saturated carbocycles. The van der Waals surface area contributed by atoms with Crippen molar-refractivity contribution in [1.29, 1.82) is 0 Å². The van der Waals surface area contributed by atoms with Gasteiger partial charge in [0.25, 0.3) is 5.91 Å². The summed E-state index contributed by atoms with van der Waals surface area (Å²) in [6, 6.07) is 13.3. The fourth-order valence-electron chi connectivity index (χ4n) is 3.79. The zero-order chi connectivity index (χ0) is 22.0. The van der Waals surface area contributed by atoms with Crippen molar-refractivity contribution < 1.29 is 27.5 Å². The standard InChI is InChI=1S/C22H24N2O6S/c1-16(21(25)24-10-9-17-5-2-3-8-20(17)24)30-22(26)18-6-4-7-19(15-18)31(27,28)23-11-13-29-14-12-23/h2-8,15-16H,9-14H2,1H3. The molecule has 1 amide bonds. The van der Waals surface area contributed by atoms with E-state index in [-0.39, 0.29) is 29.5 Å². The Balaban J connectivity index is 1.46. The molecule has 1 unspecified atom stereocenters. The average Bonchev–Trinajstić information content (AvgIpc) is 3.23. The van der Waals surface area contributed by atoms with E-state index in [2.05, 4.69) is 0 Å². The lowest BCUT2D eigenvalue weighted by molar-refractivity contribution is -0.126. The molecule has 0 aromatic heterocycles. The topological polar surface area (TPSA) is 93.2 Å². The number of sulfonamides is 1. The van der Waals surface area contributed by atoms with E-state index in [0.29, 0.717) is 19.8 Å². The summed E-state index contributed by atoms with van der Waals surface area (Å²) in [6.45, 7) is 3.25. The molecular formula is C22H24N2O6S. The van der Waals surface area contributed by atoms with Crippen LogP contribution in [0, 0.1) is 0 Å². The fraction of sp³-hybridized carbons (Fsp3) is 0.364. The molecular weight excluding hydrogens is 420 g/mol. The summed E-state index contributed by atoms with van der Waals surface area (Å²) in [4.78, 5) is 27.1. The summed E-state index contributed by atoms with van der Waals surface area (Å²) in [7, 11) is -3.74. The van der Waals surface area contributed by atoms with Crippen LogP contribution < -0.4 is 4.90 Å². The van der Waals surface area contributed by atoms with Crippen molar-refractivity contribution in [2.75, 3.05) is 37.7 Å². The summed E-state index contributed by atoms with van der Waals surface area (Å²) in [5.74, 6) is -1.05. The van der Waals surface area contributed by atoms with Crippen LogP contribution >= 0.6 is 0 Å². The molecule has 164 valence electrons. The molecule has 2 heterocycles. The van der Waals surface area contributed by atoms with E-state index in [4.69, 9.17) is 9.47 Å². The van der Waals surface area contributed by atoms with Gasteiger partial charge in [0.1, 0.15) is 0 Å². The molecule has 1 atom stereocenters. The second-order valence-corrected chi connectivity index (χ2v) is 9.40. The Kier molecular flexibility index (Phi) is 6.08. The minimum absolute atomic E-state index is 0.0105. The number of hydrogen-bond acceptors (Lipinski definition) is 6. The Morgan fingerprint density at radius 1 is 1.03 bits per heavy atom. The number of esters is 1. The number of amides is 1. The number of benzene rings is 2. The van der Waals surface area contributed by atoms with E-state index in [1.54, 1.807) is 4.90 Å². The highest BCUT2D eigenvalue weighted by atomic mass is 32.2. The van der Waals surface area contributed by atoms with Gasteiger partial charge in [-0.1, -0.05) is 24.3 Å². The first kappa shape index (κ1) is 21.5. The van der Waals surface area contributed by atoms with Crippen LogP contribution in [0.4, 0.5) is 5.69 Å². The van der Waals surface area contributed by atoms with Crippen LogP contribution in [-0.2, 0) is 30.7 Å². The maximum Gasteiger partial charge on any atom is 0.338 e. The van der Waals surface area contributed by atoms with Gasteiger partial charge in [0.15, 0.2) is 6.10 Å². The van der Waals surface area contributed by atoms with Crippen molar-refractivity contribution in [1.82, 2.24) is 4.31 Å². The van der Waals surface area contributed by atoms with Gasteiger partial charge in [0, 0.05) is 25.3 Å². The summed E-state index contributed by atoms with van der Waals surface area (Å²) in [5, 5.41) is 0. The average molecular weight is 445 g/mol. The Morgan fingerprint density at radius 3 is 2.55 bits per heavy atom. The number of fused-ring (bicyclic) bond motifs is 1. The van der Waals surface area contributed by atoms with Crippen molar-refractivity contribution in [3.8, 4) is 0 Å². The van der Waals surface area contributed by atoms with E-state index in [9.17, 15) is 18.0 Å². The number of hydrogen-bond donors (Lipinski definition) is 0. The van der Waals surface area contributed by atoms with Crippen LogP contribution in [0.5, 0.6) is 0 Å². The summed E-state index contributed by atoms with van der Waals surface area (Å²) < 4.78 is 37.6. The maximum absolute atomic E-state index is 12.8. The first-order valence-electron chi connectivity index (χ1n) is 10.2. The van der Waals surface area contributed by atoms with Crippen molar-refractivity contribution in [2.45, 2.75) is 24.3 Å². The molecule has 2 aromatic carbocycles. The first-order valence-corrected chi connectivity index (χ1v) is 11.6. The monoisotopic (exact) mass is 444 g/mol. The SMILES string of the molecule is CC(OC(=O)c1cccc(S(=O)(=O)N2CCOCC2)c1)C(=O)N1CCc2ccccc21. The Labute approximate surface area is 181 Å². The van der Waals surface area contributed by atoms with Crippen molar-refractivity contribution in [3.05, 3.63) is 59.7 Å². The van der Waals surface area contributed by atoms with Gasteiger partial charge in [-0.15, -0.1) is 0 Å². The number of rotatable bonds is 5. The number of para-hydroxylation sites is 1. The third-order valence-corrected chi connectivity index (χ3v) is 7.36. The summed E-state index contributed by atoms with van der Waals surface area (Å²) in [5.41, 5.74) is 1.99. The second kappa shape index (κ2) is 8.78. The second-order valence-electron chi connectivity index (χ2n) is 7.46. The molecule has 2 aromatic rings. The number of carbonyl (C=O) groups is 2. The van der Waals surface area contributed by atoms with Gasteiger partial charge in [-0.25, -0.2) is 13.2 Å². The molecule has 1 fully saturated rings. The predicted molar refractivity (Wildman–Crippen MR) is 113 cm³/mol. The molecule has 31 heavy (non-hydrogen) atoms. The van der Waals surface area contributed by atoms with E-state index in [0.717, 1.165) is 17.7 Å². The molecule has 9 heteroatoms. The molecule has 0 N–H and O–H groups in total. The molecule has 2 aliphatic heterocycles. The highest BCUT2D eigenvalue weighted by molar-refractivity contribution is 7.89. The van der Waals surface area contributed by atoms with Gasteiger partial charge in [0.2, 0.25) is 10.0 Å². The number of carbonyl (C=O) groups excluding carboxylic acids is 2. The van der Waals surface area contributed by atoms with Gasteiger partial charge >= 0.3 is 5.97 Å². The Hall–Kier alpha value is -2.75. The molecule has 4 rings (SSSR count). The predicted octanol–water partition coefficient (Wildman–Crippen LogP) is 1.84. The van der Waals surface area contributed by atoms with E-state index < -0.39 is 22.1 Å².